The van der Waals surface area contributed by atoms with Crippen LogP contribution in [0.3, 0.4) is 0 Å². The molecule has 0 fully saturated rings. The van der Waals surface area contributed by atoms with Crippen molar-refractivity contribution in [2.75, 3.05) is 0 Å². The number of aromatic nitrogens is 1. The number of pyridine rings is 1. The van der Waals surface area contributed by atoms with Crippen molar-refractivity contribution in [1.29, 1.82) is 0 Å². The third kappa shape index (κ3) is 6.55. The molecule has 0 saturated heterocycles. The van der Waals surface area contributed by atoms with Gasteiger partial charge < -0.3 is 10.4 Å². The highest BCUT2D eigenvalue weighted by Crippen LogP contribution is 2.21. The van der Waals surface area contributed by atoms with Gasteiger partial charge in [-0.05, 0) is 24.6 Å². The van der Waals surface area contributed by atoms with Crippen molar-refractivity contribution >= 4 is 18.0 Å². The van der Waals surface area contributed by atoms with Gasteiger partial charge in [0.15, 0.2) is 0 Å². The van der Waals surface area contributed by atoms with Crippen LogP contribution in [0, 0.1) is 0 Å². The van der Waals surface area contributed by atoms with Crippen molar-refractivity contribution in [1.82, 2.24) is 10.3 Å². The van der Waals surface area contributed by atoms with E-state index in [1.807, 2.05) is 0 Å². The number of hydrogen-bond acceptors (Lipinski definition) is 3. The topological polar surface area (TPSA) is 79.3 Å². The van der Waals surface area contributed by atoms with E-state index in [4.69, 9.17) is 5.11 Å². The fourth-order valence-corrected chi connectivity index (χ4v) is 1.50. The second kappa shape index (κ2) is 6.87. The van der Waals surface area contributed by atoms with Gasteiger partial charge in [-0.3, -0.25) is 9.78 Å². The van der Waals surface area contributed by atoms with Gasteiger partial charge in [-0.1, -0.05) is 6.07 Å². The fourth-order valence-electron chi connectivity index (χ4n) is 1.50. The van der Waals surface area contributed by atoms with Crippen LogP contribution in [0.15, 0.2) is 24.4 Å². The zero-order valence-electron chi connectivity index (χ0n) is 11.0. The van der Waals surface area contributed by atoms with Crippen molar-refractivity contribution in [3.63, 3.8) is 0 Å². The van der Waals surface area contributed by atoms with Crippen LogP contribution in [-0.4, -0.2) is 34.2 Å². The predicted molar refractivity (Wildman–Crippen MR) is 68.5 cm³/mol. The summed E-state index contributed by atoms with van der Waals surface area (Å²) in [5.41, 5.74) is 0.411. The average Bonchev–Trinajstić information content (AvgIpc) is 2.34. The number of nitrogens with one attached hydrogen (secondary N) is 1. The van der Waals surface area contributed by atoms with Crippen molar-refractivity contribution in [2.45, 2.75) is 25.6 Å². The van der Waals surface area contributed by atoms with E-state index in [9.17, 15) is 22.8 Å². The highest BCUT2D eigenvalue weighted by molar-refractivity contribution is 5.92. The van der Waals surface area contributed by atoms with Gasteiger partial charge in [0, 0.05) is 18.3 Å². The molecule has 0 spiro atoms. The Kier molecular flexibility index (Phi) is 5.45. The summed E-state index contributed by atoms with van der Waals surface area (Å²) in [5, 5.41) is 10.6. The molecule has 0 aromatic carbocycles. The van der Waals surface area contributed by atoms with E-state index in [0.29, 0.717) is 5.56 Å². The standard InChI is InChI=1S/C13H13F3N2O3/c1-8(6-13(14,15)16)18-12(21)10-4-2-9(7-17-10)3-5-11(19)20/h2-5,7-8H,6H2,1H3,(H,18,21)(H,19,20)/b5-3+. The third-order valence-electron chi connectivity index (χ3n) is 2.35. The SMILES string of the molecule is CC(CC(F)(F)F)NC(=O)c1ccc(/C=C/C(=O)O)cn1. The Hall–Kier alpha value is -2.38. The molecular formula is C13H13F3N2O3. The molecule has 8 heteroatoms. The number of amides is 1. The lowest BCUT2D eigenvalue weighted by molar-refractivity contribution is -0.138. The molecule has 0 aliphatic rings. The van der Waals surface area contributed by atoms with Crippen molar-refractivity contribution in [2.24, 2.45) is 0 Å². The first kappa shape index (κ1) is 16.7. The summed E-state index contributed by atoms with van der Waals surface area (Å²) < 4.78 is 36.4. The first-order chi connectivity index (χ1) is 9.67. The maximum Gasteiger partial charge on any atom is 0.391 e. The number of carboxylic acids is 1. The van der Waals surface area contributed by atoms with Crippen molar-refractivity contribution < 1.29 is 27.9 Å². The minimum absolute atomic E-state index is 0.0449. The van der Waals surface area contributed by atoms with Crippen LogP contribution in [0.25, 0.3) is 6.08 Å². The summed E-state index contributed by atoms with van der Waals surface area (Å²) in [5.74, 6) is -1.85. The molecule has 1 amide bonds. The molecule has 114 valence electrons. The molecule has 21 heavy (non-hydrogen) atoms. The minimum Gasteiger partial charge on any atom is -0.478 e. The van der Waals surface area contributed by atoms with Gasteiger partial charge in [0.25, 0.3) is 5.91 Å². The van der Waals surface area contributed by atoms with Crippen LogP contribution < -0.4 is 5.32 Å². The molecule has 0 saturated carbocycles. The van der Waals surface area contributed by atoms with E-state index in [-0.39, 0.29) is 5.69 Å². The second-order valence-electron chi connectivity index (χ2n) is 4.34. The smallest absolute Gasteiger partial charge is 0.391 e. The number of halogens is 3. The summed E-state index contributed by atoms with van der Waals surface area (Å²) >= 11 is 0. The molecule has 1 aromatic heterocycles. The lowest BCUT2D eigenvalue weighted by Crippen LogP contribution is -2.36. The molecule has 1 rings (SSSR count). The summed E-state index contributed by atoms with van der Waals surface area (Å²) in [6.07, 6.45) is -2.04. The fraction of sp³-hybridized carbons (Fsp3) is 0.308. The largest absolute Gasteiger partial charge is 0.478 e. The van der Waals surface area contributed by atoms with Crippen LogP contribution in [0.4, 0.5) is 13.2 Å². The normalized spacial score (nSPS) is 13.1. The van der Waals surface area contributed by atoms with Gasteiger partial charge in [0.1, 0.15) is 5.69 Å². The van der Waals surface area contributed by atoms with Crippen LogP contribution in [0.5, 0.6) is 0 Å². The number of carbonyl (C=O) groups is 2. The van der Waals surface area contributed by atoms with Crippen LogP contribution in [0.1, 0.15) is 29.4 Å². The summed E-state index contributed by atoms with van der Waals surface area (Å²) in [6.45, 7) is 1.25. The van der Waals surface area contributed by atoms with E-state index >= 15 is 0 Å². The number of rotatable bonds is 5. The van der Waals surface area contributed by atoms with Gasteiger partial charge in [0.05, 0.1) is 6.42 Å². The van der Waals surface area contributed by atoms with Gasteiger partial charge in [-0.2, -0.15) is 13.2 Å². The molecule has 0 aliphatic heterocycles. The first-order valence-electron chi connectivity index (χ1n) is 5.92. The number of aliphatic carboxylic acids is 1. The first-order valence-corrected chi connectivity index (χ1v) is 5.92. The minimum atomic E-state index is -4.36. The van der Waals surface area contributed by atoms with E-state index < -0.39 is 30.5 Å². The monoisotopic (exact) mass is 302 g/mol. The van der Waals surface area contributed by atoms with Crippen LogP contribution >= 0.6 is 0 Å². The highest BCUT2D eigenvalue weighted by Gasteiger charge is 2.30. The lowest BCUT2D eigenvalue weighted by Gasteiger charge is -2.15. The summed E-state index contributed by atoms with van der Waals surface area (Å²) in [4.78, 5) is 25.8. The third-order valence-corrected chi connectivity index (χ3v) is 2.35. The molecule has 5 nitrogen and oxygen atoms in total. The van der Waals surface area contributed by atoms with Gasteiger partial charge in [-0.25, -0.2) is 4.79 Å². The molecular weight excluding hydrogens is 289 g/mol. The van der Waals surface area contributed by atoms with E-state index in [1.165, 1.54) is 31.3 Å². The molecule has 1 atom stereocenters. The molecule has 1 aromatic rings. The Bertz CT molecular complexity index is 539. The van der Waals surface area contributed by atoms with Crippen molar-refractivity contribution in [3.8, 4) is 0 Å². The van der Waals surface area contributed by atoms with E-state index in [1.54, 1.807) is 0 Å². The Morgan fingerprint density at radius 2 is 2.10 bits per heavy atom. The molecule has 0 radical (unpaired) electrons. The maximum atomic E-state index is 12.1. The number of nitrogens with zero attached hydrogens (tertiary/aromatic N) is 1. The Morgan fingerprint density at radius 3 is 2.57 bits per heavy atom. The zero-order chi connectivity index (χ0) is 16.0. The Labute approximate surface area is 118 Å². The van der Waals surface area contributed by atoms with Gasteiger partial charge in [-0.15, -0.1) is 0 Å². The van der Waals surface area contributed by atoms with Crippen LogP contribution in [0.2, 0.25) is 0 Å². The summed E-state index contributed by atoms with van der Waals surface area (Å²) in [6, 6.07) is 1.68. The van der Waals surface area contributed by atoms with E-state index in [2.05, 4.69) is 10.3 Å². The maximum absolute atomic E-state index is 12.1. The second-order valence-corrected chi connectivity index (χ2v) is 4.34. The highest BCUT2D eigenvalue weighted by atomic mass is 19.4. The predicted octanol–water partition coefficient (Wildman–Crippen LogP) is 2.25. The number of carboxylic acid groups (broad SMARTS) is 1. The number of carbonyl (C=O) groups excluding carboxylic acids is 1. The molecule has 2 N–H and O–H groups in total. The molecule has 1 unspecified atom stereocenters. The van der Waals surface area contributed by atoms with Gasteiger partial charge >= 0.3 is 12.1 Å². The molecule has 0 aliphatic carbocycles. The Balaban J connectivity index is 2.65. The van der Waals surface area contributed by atoms with E-state index in [0.717, 1.165) is 6.08 Å². The van der Waals surface area contributed by atoms with Crippen molar-refractivity contribution in [3.05, 3.63) is 35.7 Å². The Morgan fingerprint density at radius 1 is 1.43 bits per heavy atom. The number of alkyl halides is 3. The van der Waals surface area contributed by atoms with Gasteiger partial charge in [0.2, 0.25) is 0 Å². The summed E-state index contributed by atoms with van der Waals surface area (Å²) in [7, 11) is 0. The zero-order valence-corrected chi connectivity index (χ0v) is 11.0. The van der Waals surface area contributed by atoms with Crippen LogP contribution in [-0.2, 0) is 4.79 Å². The average molecular weight is 302 g/mol. The number of hydrogen-bond donors (Lipinski definition) is 2. The molecule has 1 heterocycles. The molecule has 0 bridgehead atoms. The lowest BCUT2D eigenvalue weighted by atomic mass is 10.2. The quantitative estimate of drug-likeness (QED) is 0.818.